The predicted octanol–water partition coefficient (Wildman–Crippen LogP) is 3.31. The normalized spacial score (nSPS) is 16.0. The lowest BCUT2D eigenvalue weighted by molar-refractivity contribution is -0.127. The van der Waals surface area contributed by atoms with Gasteiger partial charge in [-0.25, -0.2) is 4.79 Å². The third-order valence-corrected chi connectivity index (χ3v) is 5.33. The molecule has 2 aromatic carbocycles. The molecule has 0 radical (unpaired) electrons. The van der Waals surface area contributed by atoms with E-state index in [2.05, 4.69) is 24.0 Å². The fourth-order valence-corrected chi connectivity index (χ4v) is 3.45. The third-order valence-electron chi connectivity index (χ3n) is 5.33. The summed E-state index contributed by atoms with van der Waals surface area (Å²) in [5, 5.41) is 8.93. The number of aromatic carboxylic acids is 1. The van der Waals surface area contributed by atoms with E-state index in [1.165, 1.54) is 17.7 Å². The minimum Gasteiger partial charge on any atom is -0.497 e. The maximum atomic E-state index is 12.5. The Balaban J connectivity index is 1.54. The number of carbonyl (C=O) groups is 2. The Morgan fingerprint density at radius 2 is 1.76 bits per heavy atom. The van der Waals surface area contributed by atoms with Crippen LogP contribution in [0.3, 0.4) is 0 Å². The quantitative estimate of drug-likeness (QED) is 0.761. The van der Waals surface area contributed by atoms with E-state index in [0.717, 1.165) is 24.4 Å². The fraction of sp³-hybridized carbons (Fsp3) is 0.304. The summed E-state index contributed by atoms with van der Waals surface area (Å²) in [6.07, 6.45) is 3.27. The highest BCUT2D eigenvalue weighted by molar-refractivity contribution is 5.92. The number of carboxylic acids is 1. The largest absolute Gasteiger partial charge is 0.497 e. The van der Waals surface area contributed by atoms with Gasteiger partial charge >= 0.3 is 5.97 Å². The Hall–Kier alpha value is -3.12. The summed E-state index contributed by atoms with van der Waals surface area (Å²) in [5.41, 5.74) is 2.23. The Kier molecular flexibility index (Phi) is 6.67. The Morgan fingerprint density at radius 1 is 1.07 bits per heavy atom. The van der Waals surface area contributed by atoms with Gasteiger partial charge in [-0.2, -0.15) is 0 Å². The van der Waals surface area contributed by atoms with Gasteiger partial charge in [0, 0.05) is 38.3 Å². The van der Waals surface area contributed by atoms with E-state index in [1.807, 2.05) is 17.0 Å². The number of hydrogen-bond acceptors (Lipinski definition) is 4. The number of amides is 1. The molecule has 152 valence electrons. The Bertz CT molecular complexity index is 884. The van der Waals surface area contributed by atoms with Crippen molar-refractivity contribution in [1.82, 2.24) is 9.80 Å². The van der Waals surface area contributed by atoms with Gasteiger partial charge in [-0.15, -0.1) is 0 Å². The zero-order chi connectivity index (χ0) is 20.8. The molecule has 0 aliphatic carbocycles. The van der Waals surface area contributed by atoms with Crippen LogP contribution < -0.4 is 4.74 Å². The SMILES string of the molecule is COc1cccc(C(C)N2CCN(C(=O)C=Cc3ccc(C(=O)O)cc3)CC2)c1. The molecule has 1 aliphatic rings. The van der Waals surface area contributed by atoms with E-state index >= 15 is 0 Å². The summed E-state index contributed by atoms with van der Waals surface area (Å²) in [6, 6.07) is 14.8. The zero-order valence-electron chi connectivity index (χ0n) is 16.7. The van der Waals surface area contributed by atoms with E-state index in [1.54, 1.807) is 31.4 Å². The van der Waals surface area contributed by atoms with Crippen molar-refractivity contribution in [3.8, 4) is 5.75 Å². The average molecular weight is 394 g/mol. The Labute approximate surface area is 171 Å². The molecular weight excluding hydrogens is 368 g/mol. The van der Waals surface area contributed by atoms with Gasteiger partial charge in [-0.1, -0.05) is 24.3 Å². The van der Waals surface area contributed by atoms with Crippen molar-refractivity contribution in [2.75, 3.05) is 33.3 Å². The number of ether oxygens (including phenoxy) is 1. The lowest BCUT2D eigenvalue weighted by Gasteiger charge is -2.38. The first kappa shape index (κ1) is 20.6. The van der Waals surface area contributed by atoms with Crippen molar-refractivity contribution < 1.29 is 19.4 Å². The molecule has 29 heavy (non-hydrogen) atoms. The van der Waals surface area contributed by atoms with Crippen molar-refractivity contribution >= 4 is 18.0 Å². The van der Waals surface area contributed by atoms with Crippen LogP contribution in [0.1, 0.15) is 34.5 Å². The minimum atomic E-state index is -0.961. The number of methoxy groups -OCH3 is 1. The van der Waals surface area contributed by atoms with Crippen molar-refractivity contribution in [1.29, 1.82) is 0 Å². The molecule has 1 fully saturated rings. The van der Waals surface area contributed by atoms with Gasteiger partial charge in [0.2, 0.25) is 5.91 Å². The number of carboxylic acid groups (broad SMARTS) is 1. The molecule has 3 rings (SSSR count). The van der Waals surface area contributed by atoms with Gasteiger partial charge in [0.1, 0.15) is 5.75 Å². The van der Waals surface area contributed by atoms with E-state index in [9.17, 15) is 9.59 Å². The van der Waals surface area contributed by atoms with Gasteiger partial charge in [0.15, 0.2) is 0 Å². The van der Waals surface area contributed by atoms with Crippen molar-refractivity contribution in [2.24, 2.45) is 0 Å². The van der Waals surface area contributed by atoms with Gasteiger partial charge in [-0.3, -0.25) is 9.69 Å². The number of rotatable bonds is 6. The summed E-state index contributed by atoms with van der Waals surface area (Å²) in [6.45, 7) is 5.15. The molecule has 1 saturated heterocycles. The maximum absolute atomic E-state index is 12.5. The standard InChI is InChI=1S/C23H26N2O4/c1-17(20-4-3-5-21(16-20)29-2)24-12-14-25(15-13-24)22(26)11-8-18-6-9-19(10-7-18)23(27)28/h3-11,16-17H,12-15H2,1-2H3,(H,27,28). The number of carbonyl (C=O) groups excluding carboxylic acids is 1. The van der Waals surface area contributed by atoms with Crippen LogP contribution in [0.25, 0.3) is 6.08 Å². The van der Waals surface area contributed by atoms with E-state index in [4.69, 9.17) is 9.84 Å². The lowest BCUT2D eigenvalue weighted by Crippen LogP contribution is -2.48. The van der Waals surface area contributed by atoms with E-state index in [-0.39, 0.29) is 17.5 Å². The molecule has 2 aromatic rings. The summed E-state index contributed by atoms with van der Waals surface area (Å²) < 4.78 is 5.31. The first-order valence-corrected chi connectivity index (χ1v) is 9.66. The second-order valence-corrected chi connectivity index (χ2v) is 7.07. The Morgan fingerprint density at radius 3 is 2.38 bits per heavy atom. The van der Waals surface area contributed by atoms with E-state index in [0.29, 0.717) is 13.1 Å². The second-order valence-electron chi connectivity index (χ2n) is 7.07. The van der Waals surface area contributed by atoms with Crippen molar-refractivity contribution in [2.45, 2.75) is 13.0 Å². The van der Waals surface area contributed by atoms with Crippen LogP contribution in [0.15, 0.2) is 54.6 Å². The molecule has 1 heterocycles. The highest BCUT2D eigenvalue weighted by Crippen LogP contribution is 2.25. The summed E-state index contributed by atoms with van der Waals surface area (Å²) >= 11 is 0. The molecular formula is C23H26N2O4. The lowest BCUT2D eigenvalue weighted by atomic mass is 10.1. The van der Waals surface area contributed by atoms with Gasteiger partial charge in [0.05, 0.1) is 12.7 Å². The monoisotopic (exact) mass is 394 g/mol. The number of piperazine rings is 1. The molecule has 0 aromatic heterocycles. The predicted molar refractivity (Wildman–Crippen MR) is 112 cm³/mol. The van der Waals surface area contributed by atoms with E-state index < -0.39 is 5.97 Å². The van der Waals surface area contributed by atoms with Crippen LogP contribution in [0.5, 0.6) is 5.75 Å². The van der Waals surface area contributed by atoms with Crippen LogP contribution in [0.4, 0.5) is 0 Å². The van der Waals surface area contributed by atoms with Gasteiger partial charge in [-0.05, 0) is 48.4 Å². The summed E-state index contributed by atoms with van der Waals surface area (Å²) in [5.74, 6) is -0.136. The molecule has 1 atom stereocenters. The zero-order valence-corrected chi connectivity index (χ0v) is 16.7. The number of hydrogen-bond donors (Lipinski definition) is 1. The topological polar surface area (TPSA) is 70.1 Å². The third kappa shape index (κ3) is 5.23. The molecule has 0 saturated carbocycles. The summed E-state index contributed by atoms with van der Waals surface area (Å²) in [4.78, 5) is 27.6. The van der Waals surface area contributed by atoms with Crippen LogP contribution in [-0.4, -0.2) is 60.1 Å². The first-order chi connectivity index (χ1) is 14.0. The first-order valence-electron chi connectivity index (χ1n) is 9.66. The number of nitrogens with zero attached hydrogens (tertiary/aromatic N) is 2. The smallest absolute Gasteiger partial charge is 0.335 e. The molecule has 0 bridgehead atoms. The molecule has 0 spiro atoms. The molecule has 1 N–H and O–H groups in total. The second kappa shape index (κ2) is 9.39. The fourth-order valence-electron chi connectivity index (χ4n) is 3.45. The molecule has 1 amide bonds. The highest BCUT2D eigenvalue weighted by atomic mass is 16.5. The van der Waals surface area contributed by atoms with Crippen LogP contribution >= 0.6 is 0 Å². The van der Waals surface area contributed by atoms with Gasteiger partial charge in [0.25, 0.3) is 0 Å². The van der Waals surface area contributed by atoms with Crippen molar-refractivity contribution in [3.05, 3.63) is 71.3 Å². The van der Waals surface area contributed by atoms with Crippen LogP contribution in [-0.2, 0) is 4.79 Å². The minimum absolute atomic E-state index is 0.0269. The summed E-state index contributed by atoms with van der Waals surface area (Å²) in [7, 11) is 1.67. The highest BCUT2D eigenvalue weighted by Gasteiger charge is 2.24. The molecule has 6 heteroatoms. The maximum Gasteiger partial charge on any atom is 0.335 e. The average Bonchev–Trinajstić information content (AvgIpc) is 2.77. The van der Waals surface area contributed by atoms with Crippen LogP contribution in [0.2, 0.25) is 0 Å². The number of benzene rings is 2. The van der Waals surface area contributed by atoms with Gasteiger partial charge < -0.3 is 14.7 Å². The van der Waals surface area contributed by atoms with Crippen molar-refractivity contribution in [3.63, 3.8) is 0 Å². The molecule has 1 aliphatic heterocycles. The molecule has 6 nitrogen and oxygen atoms in total. The van der Waals surface area contributed by atoms with Crippen LogP contribution in [0, 0.1) is 0 Å². The molecule has 1 unspecified atom stereocenters.